The monoisotopic (exact) mass is 499 g/mol. The summed E-state index contributed by atoms with van der Waals surface area (Å²) in [5.41, 5.74) is 1.17. The minimum absolute atomic E-state index is 0.0623. The normalized spacial score (nSPS) is 36.3. The molecule has 7 nitrogen and oxygen atoms in total. The molecule has 4 aliphatic rings. The van der Waals surface area contributed by atoms with Crippen molar-refractivity contribution in [3.8, 4) is 0 Å². The maximum absolute atomic E-state index is 12.9. The maximum atomic E-state index is 12.9. The van der Waals surface area contributed by atoms with Gasteiger partial charge in [-0.05, 0) is 79.7 Å². The molecule has 35 heavy (non-hydrogen) atoms. The Hall–Kier alpha value is -2.41. The molecule has 3 fully saturated rings. The number of amides is 2. The molecule has 1 aromatic heterocycles. The number of nitrogens with zero attached hydrogens (tertiary/aromatic N) is 2. The number of aromatic carboxylic acids is 1. The minimum atomic E-state index is -1.04. The van der Waals surface area contributed by atoms with Crippen molar-refractivity contribution in [1.29, 1.82) is 0 Å². The van der Waals surface area contributed by atoms with E-state index in [-0.39, 0.29) is 28.2 Å². The predicted molar refractivity (Wildman–Crippen MR) is 133 cm³/mol. The van der Waals surface area contributed by atoms with Crippen molar-refractivity contribution < 1.29 is 19.5 Å². The van der Waals surface area contributed by atoms with Gasteiger partial charge in [0.15, 0.2) is 0 Å². The largest absolute Gasteiger partial charge is 0.478 e. The van der Waals surface area contributed by atoms with Crippen molar-refractivity contribution >= 4 is 35.2 Å². The van der Waals surface area contributed by atoms with Crippen molar-refractivity contribution in [3.63, 3.8) is 0 Å². The number of likely N-dealkylation sites (tertiary alicyclic amines) is 1. The second-order valence-corrected chi connectivity index (χ2v) is 12.0. The van der Waals surface area contributed by atoms with Crippen molar-refractivity contribution in [2.24, 2.45) is 34.5 Å². The maximum Gasteiger partial charge on any atom is 0.337 e. The average Bonchev–Trinajstić information content (AvgIpc) is 3.13. The van der Waals surface area contributed by atoms with Gasteiger partial charge >= 0.3 is 5.97 Å². The van der Waals surface area contributed by atoms with Gasteiger partial charge in [0, 0.05) is 42.2 Å². The third-order valence-electron chi connectivity index (χ3n) is 9.94. The molecule has 2 heterocycles. The van der Waals surface area contributed by atoms with Crippen molar-refractivity contribution in [1.82, 2.24) is 9.88 Å². The molecule has 1 aliphatic heterocycles. The fraction of sp³-hybridized carbons (Fsp3) is 0.630. The van der Waals surface area contributed by atoms with Crippen LogP contribution in [0.25, 0.3) is 0 Å². The number of piperidine rings is 1. The highest BCUT2D eigenvalue weighted by atomic mass is 35.5. The van der Waals surface area contributed by atoms with Crippen LogP contribution in [0.4, 0.5) is 5.82 Å². The van der Waals surface area contributed by atoms with Gasteiger partial charge in [-0.15, -0.1) is 0 Å². The Bertz CT molecular complexity index is 1100. The molecule has 2 amide bonds. The fourth-order valence-corrected chi connectivity index (χ4v) is 8.66. The van der Waals surface area contributed by atoms with Gasteiger partial charge in [0.1, 0.15) is 5.82 Å². The highest BCUT2D eigenvalue weighted by Gasteiger charge is 2.60. The number of carboxylic acids is 1. The van der Waals surface area contributed by atoms with Crippen LogP contribution in [0.3, 0.4) is 0 Å². The Morgan fingerprint density at radius 2 is 1.97 bits per heavy atom. The molecule has 1 saturated heterocycles. The van der Waals surface area contributed by atoms with Gasteiger partial charge in [-0.3, -0.25) is 9.59 Å². The Morgan fingerprint density at radius 3 is 2.66 bits per heavy atom. The highest BCUT2D eigenvalue weighted by Crippen LogP contribution is 2.67. The quantitative estimate of drug-likeness (QED) is 0.587. The number of allylic oxidation sites excluding steroid dienone is 2. The summed E-state index contributed by atoms with van der Waals surface area (Å²) in [7, 11) is 1.87. The van der Waals surface area contributed by atoms with Crippen LogP contribution in [-0.4, -0.2) is 39.8 Å². The van der Waals surface area contributed by atoms with Crippen LogP contribution in [0.1, 0.15) is 75.6 Å². The summed E-state index contributed by atoms with van der Waals surface area (Å²) in [4.78, 5) is 42.2. The molecule has 2 N–H and O–H groups in total. The zero-order chi connectivity index (χ0) is 25.1. The summed E-state index contributed by atoms with van der Waals surface area (Å²) in [6.07, 6.45) is 8.28. The summed E-state index contributed by atoms with van der Waals surface area (Å²) in [5.74, 6) is 1.23. The molecule has 5 rings (SSSR count). The Balaban J connectivity index is 1.31. The summed E-state index contributed by atoms with van der Waals surface area (Å²) in [6, 6.07) is 2.98. The lowest BCUT2D eigenvalue weighted by molar-refractivity contribution is -0.136. The summed E-state index contributed by atoms with van der Waals surface area (Å²) >= 11 is 6.92. The topological polar surface area (TPSA) is 99.6 Å². The molecule has 2 saturated carbocycles. The molecule has 2 unspecified atom stereocenters. The summed E-state index contributed by atoms with van der Waals surface area (Å²) in [6.45, 7) is 4.68. The lowest BCUT2D eigenvalue weighted by Gasteiger charge is -2.59. The number of nitrogens with one attached hydrogen (secondary N) is 1. The molecule has 8 heteroatoms. The van der Waals surface area contributed by atoms with Crippen LogP contribution >= 0.6 is 11.6 Å². The summed E-state index contributed by atoms with van der Waals surface area (Å²) in [5, 5.41) is 12.7. The number of hydrogen-bond acceptors (Lipinski definition) is 4. The first-order chi connectivity index (χ1) is 16.5. The number of fused-ring (bicyclic) bond motifs is 5. The van der Waals surface area contributed by atoms with Crippen LogP contribution in [0, 0.1) is 34.5 Å². The average molecular weight is 500 g/mol. The van der Waals surface area contributed by atoms with Crippen LogP contribution in [-0.2, 0) is 9.59 Å². The van der Waals surface area contributed by atoms with E-state index < -0.39 is 5.97 Å². The molecule has 3 aliphatic carbocycles. The van der Waals surface area contributed by atoms with Gasteiger partial charge < -0.3 is 15.3 Å². The zero-order valence-corrected chi connectivity index (χ0v) is 21.4. The molecule has 6 atom stereocenters. The first-order valence-electron chi connectivity index (χ1n) is 12.7. The molecule has 0 radical (unpaired) electrons. The van der Waals surface area contributed by atoms with E-state index in [0.29, 0.717) is 42.3 Å². The van der Waals surface area contributed by atoms with Gasteiger partial charge in [-0.1, -0.05) is 25.4 Å². The van der Waals surface area contributed by atoms with Gasteiger partial charge in [0.2, 0.25) is 11.8 Å². The van der Waals surface area contributed by atoms with E-state index in [0.717, 1.165) is 49.3 Å². The minimum Gasteiger partial charge on any atom is -0.478 e. The second kappa shape index (κ2) is 8.61. The van der Waals surface area contributed by atoms with E-state index in [1.54, 1.807) is 0 Å². The fourth-order valence-electron chi connectivity index (χ4n) is 8.14. The Kier molecular flexibility index (Phi) is 5.98. The van der Waals surface area contributed by atoms with Gasteiger partial charge in [-0.25, -0.2) is 9.78 Å². The van der Waals surface area contributed by atoms with Crippen molar-refractivity contribution in [2.75, 3.05) is 12.4 Å². The molecular formula is C27H34ClN3O4. The number of anilines is 1. The van der Waals surface area contributed by atoms with Gasteiger partial charge in [-0.2, -0.15) is 0 Å². The molecule has 188 valence electrons. The van der Waals surface area contributed by atoms with E-state index >= 15 is 0 Å². The Morgan fingerprint density at radius 1 is 1.20 bits per heavy atom. The number of carbonyl (C=O) groups excluding carboxylic acids is 2. The number of carbonyl (C=O) groups is 3. The van der Waals surface area contributed by atoms with Gasteiger partial charge in [0.05, 0.1) is 5.56 Å². The highest BCUT2D eigenvalue weighted by molar-refractivity contribution is 6.30. The van der Waals surface area contributed by atoms with E-state index in [4.69, 9.17) is 16.7 Å². The summed E-state index contributed by atoms with van der Waals surface area (Å²) < 4.78 is 0. The Labute approximate surface area is 211 Å². The third kappa shape index (κ3) is 3.87. The van der Waals surface area contributed by atoms with Crippen LogP contribution in [0.5, 0.6) is 0 Å². The number of aromatic nitrogens is 1. The smallest absolute Gasteiger partial charge is 0.337 e. The molecule has 0 bridgehead atoms. The molecule has 1 aromatic rings. The van der Waals surface area contributed by atoms with Gasteiger partial charge in [0.25, 0.3) is 0 Å². The third-order valence-corrected chi connectivity index (χ3v) is 10.3. The van der Waals surface area contributed by atoms with Crippen molar-refractivity contribution in [3.05, 3.63) is 34.6 Å². The molecule has 0 spiro atoms. The first-order valence-corrected chi connectivity index (χ1v) is 13.1. The zero-order valence-electron chi connectivity index (χ0n) is 20.6. The number of carboxylic acid groups (broad SMARTS) is 1. The number of rotatable bonds is 4. The van der Waals surface area contributed by atoms with E-state index in [9.17, 15) is 14.4 Å². The second-order valence-electron chi connectivity index (χ2n) is 11.5. The van der Waals surface area contributed by atoms with Crippen LogP contribution < -0.4 is 5.32 Å². The standard InChI is InChI=1S/C27H34ClN3O4/c1-26-10-8-19-17(13-20(28)24-27(19,2)11-9-23(33)31(24)3)18(26)6-5-16(26)12-22(32)30-21-7-4-15(14-29-21)25(34)35/h4,7,14,16-19H,5-6,8-13H2,1-3H3,(H,34,35)(H,29,30,32)/t16-,17?,18+,19?,26-,27-/m1/s1. The lowest BCUT2D eigenvalue weighted by atomic mass is 9.49. The SMILES string of the molecule is CN1C(=O)CC[C@@]2(C)C1=C(Cl)CC1C2CC[C@]2(C)[C@@H](CC(=O)Nc3ccc(C(=O)O)cn3)CC[C@@H]12. The van der Waals surface area contributed by atoms with Crippen molar-refractivity contribution in [2.45, 2.75) is 65.2 Å². The van der Waals surface area contributed by atoms with E-state index in [1.165, 1.54) is 18.3 Å². The molecular weight excluding hydrogens is 466 g/mol. The van der Waals surface area contributed by atoms with E-state index in [1.807, 2.05) is 11.9 Å². The number of hydrogen-bond donors (Lipinski definition) is 2. The first kappa shape index (κ1) is 24.3. The van der Waals surface area contributed by atoms with Crippen LogP contribution in [0.2, 0.25) is 0 Å². The van der Waals surface area contributed by atoms with Crippen LogP contribution in [0.15, 0.2) is 29.1 Å². The molecule has 0 aromatic carbocycles. The lowest BCUT2D eigenvalue weighted by Crippen LogP contribution is -2.54. The number of halogens is 1. The number of pyridine rings is 1. The predicted octanol–water partition coefficient (Wildman–Crippen LogP) is 5.28. The van der Waals surface area contributed by atoms with E-state index in [2.05, 4.69) is 24.1 Å².